The van der Waals surface area contributed by atoms with Gasteiger partial charge in [-0.15, -0.1) is 0 Å². The van der Waals surface area contributed by atoms with E-state index >= 15 is 0 Å². The normalized spacial score (nSPS) is 16.6. The molecule has 1 aromatic carbocycles. The Morgan fingerprint density at radius 3 is 2.38 bits per heavy atom. The number of ether oxygens (including phenoxy) is 1. The van der Waals surface area contributed by atoms with Gasteiger partial charge in [0.05, 0.1) is 17.7 Å². The highest BCUT2D eigenvalue weighted by atomic mass is 16.6. The van der Waals surface area contributed by atoms with E-state index in [2.05, 4.69) is 10.1 Å². The number of carbonyl (C=O) groups is 3. The molecule has 1 aliphatic carbocycles. The van der Waals surface area contributed by atoms with Gasteiger partial charge < -0.3 is 10.1 Å². The Labute approximate surface area is 148 Å². The van der Waals surface area contributed by atoms with Crippen molar-refractivity contribution in [3.63, 3.8) is 0 Å². The molecule has 136 valence electrons. The minimum atomic E-state index is -0.637. The molecule has 1 heterocycles. The molecule has 26 heavy (non-hydrogen) atoms. The Balaban J connectivity index is 1.91. The quantitative estimate of drug-likeness (QED) is 0.369. The zero-order chi connectivity index (χ0) is 18.8. The number of nitrogens with zero attached hydrogens (tertiary/aromatic N) is 2. The van der Waals surface area contributed by atoms with Crippen LogP contribution in [0.1, 0.15) is 25.7 Å². The number of hydrogen-bond donors (Lipinski definition) is 1. The highest BCUT2D eigenvalue weighted by Crippen LogP contribution is 2.37. The van der Waals surface area contributed by atoms with Crippen LogP contribution >= 0.6 is 0 Å². The van der Waals surface area contributed by atoms with Crippen LogP contribution in [0.15, 0.2) is 29.3 Å². The summed E-state index contributed by atoms with van der Waals surface area (Å²) in [7, 11) is 1.21. The van der Waals surface area contributed by atoms with Crippen molar-refractivity contribution in [3.8, 4) is 0 Å². The summed E-state index contributed by atoms with van der Waals surface area (Å²) < 4.78 is 4.49. The summed E-state index contributed by atoms with van der Waals surface area (Å²) in [6.45, 7) is -0.242. The van der Waals surface area contributed by atoms with Crippen LogP contribution in [-0.4, -0.2) is 36.4 Å². The third kappa shape index (κ3) is 3.03. The second kappa shape index (κ2) is 6.95. The van der Waals surface area contributed by atoms with Crippen LogP contribution in [-0.2, 0) is 19.1 Å². The fraction of sp³-hybridized carbons (Fsp3) is 0.353. The predicted octanol–water partition coefficient (Wildman–Crippen LogP) is 1.92. The molecule has 0 radical (unpaired) electrons. The predicted molar refractivity (Wildman–Crippen MR) is 91.6 cm³/mol. The molecular formula is C17H17N3O6. The van der Waals surface area contributed by atoms with E-state index in [4.69, 9.17) is 0 Å². The van der Waals surface area contributed by atoms with Crippen LogP contribution in [0.5, 0.6) is 0 Å². The van der Waals surface area contributed by atoms with E-state index in [1.54, 1.807) is 0 Å². The van der Waals surface area contributed by atoms with E-state index in [-0.39, 0.29) is 23.6 Å². The molecule has 3 rings (SSSR count). The topological polar surface area (TPSA) is 119 Å². The first-order valence-corrected chi connectivity index (χ1v) is 8.14. The van der Waals surface area contributed by atoms with Crippen LogP contribution in [0.4, 0.5) is 17.1 Å². The third-order valence-electron chi connectivity index (χ3n) is 4.48. The number of hydrogen-bond acceptors (Lipinski definition) is 7. The maximum Gasteiger partial charge on any atom is 0.325 e. The lowest BCUT2D eigenvalue weighted by Gasteiger charge is -2.16. The monoisotopic (exact) mass is 359 g/mol. The summed E-state index contributed by atoms with van der Waals surface area (Å²) in [5, 5.41) is 14.0. The molecule has 2 amide bonds. The number of benzene rings is 1. The molecule has 1 aromatic rings. The van der Waals surface area contributed by atoms with Gasteiger partial charge in [-0.3, -0.25) is 24.5 Å². The number of esters is 1. The standard InChI is InChI=1S/C17H17N3O6/c1-26-15(21)9-18-13-7-6-10(8-14(13)20(24)25)19-16(22)11-4-2-3-5-12(11)17(19)23/h6-8,18H,2-5,9H2,1H3. The molecule has 9 heteroatoms. The van der Waals surface area contributed by atoms with Crippen molar-refractivity contribution in [2.75, 3.05) is 23.9 Å². The SMILES string of the molecule is COC(=O)CNc1ccc(N2C(=O)C3=C(CCCC3)C2=O)cc1[N+](=O)[O-]. The maximum atomic E-state index is 12.6. The summed E-state index contributed by atoms with van der Waals surface area (Å²) in [5.74, 6) is -1.39. The Bertz CT molecular complexity index is 817. The van der Waals surface area contributed by atoms with Crippen LogP contribution in [0, 0.1) is 10.1 Å². The molecule has 0 saturated heterocycles. The van der Waals surface area contributed by atoms with Crippen LogP contribution in [0.2, 0.25) is 0 Å². The van der Waals surface area contributed by atoms with Crippen molar-refractivity contribution < 1.29 is 24.0 Å². The molecule has 0 saturated carbocycles. The number of imide groups is 1. The van der Waals surface area contributed by atoms with E-state index in [0.717, 1.165) is 23.8 Å². The molecule has 0 bridgehead atoms. The second-order valence-corrected chi connectivity index (χ2v) is 6.00. The molecule has 0 spiro atoms. The molecule has 2 aliphatic rings. The van der Waals surface area contributed by atoms with Gasteiger partial charge in [0, 0.05) is 17.2 Å². The molecule has 1 aliphatic heterocycles. The Morgan fingerprint density at radius 2 is 1.85 bits per heavy atom. The van der Waals surface area contributed by atoms with Crippen LogP contribution in [0.3, 0.4) is 0 Å². The van der Waals surface area contributed by atoms with Gasteiger partial charge in [-0.05, 0) is 37.8 Å². The number of nitro groups is 1. The molecular weight excluding hydrogens is 342 g/mol. The van der Waals surface area contributed by atoms with Gasteiger partial charge in [-0.25, -0.2) is 4.90 Å². The van der Waals surface area contributed by atoms with Crippen molar-refractivity contribution in [1.82, 2.24) is 0 Å². The average Bonchev–Trinajstić information content (AvgIpc) is 2.90. The highest BCUT2D eigenvalue weighted by Gasteiger charge is 2.40. The molecule has 9 nitrogen and oxygen atoms in total. The number of nitrogens with one attached hydrogen (secondary N) is 1. The summed E-state index contributed by atoms with van der Waals surface area (Å²) in [6, 6.07) is 3.98. The van der Waals surface area contributed by atoms with E-state index < -0.39 is 22.7 Å². The number of methoxy groups -OCH3 is 1. The molecule has 0 aromatic heterocycles. The van der Waals surface area contributed by atoms with Gasteiger partial charge in [0.2, 0.25) is 0 Å². The minimum absolute atomic E-state index is 0.0981. The van der Waals surface area contributed by atoms with Gasteiger partial charge in [0.25, 0.3) is 17.5 Å². The van der Waals surface area contributed by atoms with Crippen molar-refractivity contribution in [3.05, 3.63) is 39.5 Å². The number of amides is 2. The van der Waals surface area contributed by atoms with E-state index in [0.29, 0.717) is 24.0 Å². The minimum Gasteiger partial charge on any atom is -0.468 e. The molecule has 0 fully saturated rings. The van der Waals surface area contributed by atoms with E-state index in [1.165, 1.54) is 19.2 Å². The average molecular weight is 359 g/mol. The smallest absolute Gasteiger partial charge is 0.325 e. The Kier molecular flexibility index (Phi) is 4.70. The second-order valence-electron chi connectivity index (χ2n) is 6.00. The first-order chi connectivity index (χ1) is 12.4. The van der Waals surface area contributed by atoms with Gasteiger partial charge in [0.1, 0.15) is 12.2 Å². The van der Waals surface area contributed by atoms with Gasteiger partial charge >= 0.3 is 5.97 Å². The zero-order valence-electron chi connectivity index (χ0n) is 14.1. The third-order valence-corrected chi connectivity index (χ3v) is 4.48. The first-order valence-electron chi connectivity index (χ1n) is 8.14. The highest BCUT2D eigenvalue weighted by molar-refractivity contribution is 6.33. The lowest BCUT2D eigenvalue weighted by Crippen LogP contribution is -2.31. The van der Waals surface area contributed by atoms with E-state index in [9.17, 15) is 24.5 Å². The largest absolute Gasteiger partial charge is 0.468 e. The zero-order valence-corrected chi connectivity index (χ0v) is 14.1. The van der Waals surface area contributed by atoms with Crippen molar-refractivity contribution >= 4 is 34.8 Å². The summed E-state index contributed by atoms with van der Waals surface area (Å²) >= 11 is 0. The van der Waals surface area contributed by atoms with Crippen LogP contribution in [0.25, 0.3) is 0 Å². The van der Waals surface area contributed by atoms with Gasteiger partial charge in [0.15, 0.2) is 0 Å². The number of carbonyl (C=O) groups excluding carboxylic acids is 3. The summed E-state index contributed by atoms with van der Waals surface area (Å²) in [6.07, 6.45) is 2.80. The number of rotatable bonds is 5. The van der Waals surface area contributed by atoms with Gasteiger partial charge in [-0.2, -0.15) is 0 Å². The van der Waals surface area contributed by atoms with Crippen LogP contribution < -0.4 is 10.2 Å². The molecule has 0 unspecified atom stereocenters. The molecule has 1 N–H and O–H groups in total. The lowest BCUT2D eigenvalue weighted by atomic mass is 9.93. The van der Waals surface area contributed by atoms with Crippen molar-refractivity contribution in [1.29, 1.82) is 0 Å². The van der Waals surface area contributed by atoms with Gasteiger partial charge in [-0.1, -0.05) is 0 Å². The molecule has 0 atom stereocenters. The fourth-order valence-corrected chi connectivity index (χ4v) is 3.17. The fourth-order valence-electron chi connectivity index (χ4n) is 3.17. The number of nitro benzene ring substituents is 1. The Hall–Kier alpha value is -3.23. The number of anilines is 2. The lowest BCUT2D eigenvalue weighted by molar-refractivity contribution is -0.383. The summed E-state index contributed by atoms with van der Waals surface area (Å²) in [5.41, 5.74) is 0.927. The van der Waals surface area contributed by atoms with Crippen molar-refractivity contribution in [2.24, 2.45) is 0 Å². The summed E-state index contributed by atoms with van der Waals surface area (Å²) in [4.78, 5) is 48.1. The maximum absolute atomic E-state index is 12.6. The Morgan fingerprint density at radius 1 is 1.23 bits per heavy atom. The first kappa shape index (κ1) is 17.6. The van der Waals surface area contributed by atoms with Crippen molar-refractivity contribution in [2.45, 2.75) is 25.7 Å². The van der Waals surface area contributed by atoms with E-state index in [1.807, 2.05) is 0 Å².